The van der Waals surface area contributed by atoms with Gasteiger partial charge in [0.1, 0.15) is 11.1 Å². The Bertz CT molecular complexity index is 428. The van der Waals surface area contributed by atoms with Crippen LogP contribution in [0.15, 0.2) is 28.8 Å². The Balaban J connectivity index is 2.87. The van der Waals surface area contributed by atoms with Gasteiger partial charge in [0.15, 0.2) is 5.75 Å². The van der Waals surface area contributed by atoms with Crippen molar-refractivity contribution >= 4 is 28.9 Å². The van der Waals surface area contributed by atoms with Crippen LogP contribution in [-0.4, -0.2) is 11.5 Å². The molecule has 0 aliphatic carbocycles. The summed E-state index contributed by atoms with van der Waals surface area (Å²) < 4.78 is 5.24. The van der Waals surface area contributed by atoms with E-state index in [1.165, 1.54) is 12.1 Å². The van der Waals surface area contributed by atoms with E-state index in [0.717, 1.165) is 5.56 Å². The van der Waals surface area contributed by atoms with Crippen molar-refractivity contribution in [3.63, 3.8) is 0 Å². The SMILES string of the molecule is Cc1ccc(OCC=C(Cl)Cl)c([N+](=O)[O-])c1. The third kappa shape index (κ3) is 3.72. The van der Waals surface area contributed by atoms with E-state index >= 15 is 0 Å². The normalized spacial score (nSPS) is 9.69. The number of ether oxygens (including phenoxy) is 1. The van der Waals surface area contributed by atoms with Gasteiger partial charge in [-0.3, -0.25) is 10.1 Å². The van der Waals surface area contributed by atoms with Gasteiger partial charge in [0.2, 0.25) is 0 Å². The van der Waals surface area contributed by atoms with Crippen molar-refractivity contribution in [3.05, 3.63) is 44.4 Å². The molecule has 16 heavy (non-hydrogen) atoms. The van der Waals surface area contributed by atoms with E-state index < -0.39 is 4.92 Å². The number of rotatable bonds is 4. The minimum atomic E-state index is -0.492. The zero-order chi connectivity index (χ0) is 12.1. The first-order chi connectivity index (χ1) is 7.50. The van der Waals surface area contributed by atoms with Crippen LogP contribution in [0.1, 0.15) is 5.56 Å². The van der Waals surface area contributed by atoms with E-state index in [9.17, 15) is 10.1 Å². The highest BCUT2D eigenvalue weighted by molar-refractivity contribution is 6.55. The molecule has 1 aromatic rings. The summed E-state index contributed by atoms with van der Waals surface area (Å²) in [6.07, 6.45) is 1.41. The minimum Gasteiger partial charge on any atom is -0.482 e. The first-order valence-electron chi connectivity index (χ1n) is 4.39. The summed E-state index contributed by atoms with van der Waals surface area (Å²) in [7, 11) is 0. The average Bonchev–Trinajstić information content (AvgIpc) is 2.19. The maximum Gasteiger partial charge on any atom is 0.311 e. The third-order valence-electron chi connectivity index (χ3n) is 1.79. The maximum atomic E-state index is 10.7. The second kappa shape index (κ2) is 5.72. The van der Waals surface area contributed by atoms with Crippen LogP contribution >= 0.6 is 23.2 Å². The second-order valence-corrected chi connectivity index (χ2v) is 4.04. The first kappa shape index (κ1) is 12.8. The number of hydrogen-bond acceptors (Lipinski definition) is 3. The average molecular weight is 262 g/mol. The van der Waals surface area contributed by atoms with Gasteiger partial charge >= 0.3 is 5.69 Å². The highest BCUT2D eigenvalue weighted by Crippen LogP contribution is 2.27. The monoisotopic (exact) mass is 261 g/mol. The summed E-state index contributed by atoms with van der Waals surface area (Å²) >= 11 is 10.8. The Kier molecular flexibility index (Phi) is 4.58. The molecule has 0 N–H and O–H groups in total. The van der Waals surface area contributed by atoms with Crippen LogP contribution < -0.4 is 4.74 Å². The Morgan fingerprint density at radius 3 is 2.81 bits per heavy atom. The predicted octanol–water partition coefficient (Wildman–Crippen LogP) is 3.60. The molecule has 0 amide bonds. The van der Waals surface area contributed by atoms with Crippen molar-refractivity contribution in [2.24, 2.45) is 0 Å². The van der Waals surface area contributed by atoms with Crippen molar-refractivity contribution < 1.29 is 9.66 Å². The zero-order valence-corrected chi connectivity index (χ0v) is 9.96. The fraction of sp³-hybridized carbons (Fsp3) is 0.200. The summed E-state index contributed by atoms with van der Waals surface area (Å²) in [5, 5.41) is 10.7. The third-order valence-corrected chi connectivity index (χ3v) is 2.10. The van der Waals surface area contributed by atoms with Crippen molar-refractivity contribution in [3.8, 4) is 5.75 Å². The van der Waals surface area contributed by atoms with Crippen LogP contribution in [0.25, 0.3) is 0 Å². The van der Waals surface area contributed by atoms with E-state index in [2.05, 4.69) is 0 Å². The van der Waals surface area contributed by atoms with Crippen LogP contribution in [0.5, 0.6) is 5.75 Å². The zero-order valence-electron chi connectivity index (χ0n) is 8.44. The first-order valence-corrected chi connectivity index (χ1v) is 5.15. The molecule has 0 heterocycles. The summed E-state index contributed by atoms with van der Waals surface area (Å²) in [6.45, 7) is 1.86. The molecule has 0 spiro atoms. The van der Waals surface area contributed by atoms with E-state index in [1.807, 2.05) is 0 Å². The Morgan fingerprint density at radius 1 is 1.56 bits per heavy atom. The van der Waals surface area contributed by atoms with E-state index in [4.69, 9.17) is 27.9 Å². The molecule has 0 unspecified atom stereocenters. The number of nitro benzene ring substituents is 1. The molecule has 1 aromatic carbocycles. The van der Waals surface area contributed by atoms with Crippen molar-refractivity contribution in [2.75, 3.05) is 6.61 Å². The molecule has 0 aromatic heterocycles. The van der Waals surface area contributed by atoms with Crippen LogP contribution in [0, 0.1) is 17.0 Å². The van der Waals surface area contributed by atoms with Gasteiger partial charge in [-0.05, 0) is 24.6 Å². The summed E-state index contributed by atoms with van der Waals surface area (Å²) in [6, 6.07) is 4.72. The van der Waals surface area contributed by atoms with Crippen molar-refractivity contribution in [2.45, 2.75) is 6.92 Å². The molecule has 4 nitrogen and oxygen atoms in total. The van der Waals surface area contributed by atoms with Gasteiger partial charge in [-0.25, -0.2) is 0 Å². The number of benzene rings is 1. The predicted molar refractivity (Wildman–Crippen MR) is 63.1 cm³/mol. The van der Waals surface area contributed by atoms with Crippen LogP contribution in [0.4, 0.5) is 5.69 Å². The highest BCUT2D eigenvalue weighted by Gasteiger charge is 2.14. The standard InChI is InChI=1S/C10H9Cl2NO3/c1-7-2-3-9(8(6-7)13(14)15)16-5-4-10(11)12/h2-4,6H,5H2,1H3. The lowest BCUT2D eigenvalue weighted by Crippen LogP contribution is -1.98. The van der Waals surface area contributed by atoms with Crippen molar-refractivity contribution in [1.82, 2.24) is 0 Å². The number of aryl methyl sites for hydroxylation is 1. The second-order valence-electron chi connectivity index (χ2n) is 3.03. The van der Waals surface area contributed by atoms with Gasteiger partial charge < -0.3 is 4.74 Å². The van der Waals surface area contributed by atoms with Crippen LogP contribution in [0.3, 0.4) is 0 Å². The molecule has 0 fully saturated rings. The molecular weight excluding hydrogens is 253 g/mol. The lowest BCUT2D eigenvalue weighted by atomic mass is 10.2. The Morgan fingerprint density at radius 2 is 2.25 bits per heavy atom. The molecule has 0 aliphatic rings. The number of halogens is 2. The molecule has 0 saturated carbocycles. The maximum absolute atomic E-state index is 10.7. The Hall–Kier alpha value is -1.26. The molecule has 0 saturated heterocycles. The van der Waals surface area contributed by atoms with Gasteiger partial charge in [-0.2, -0.15) is 0 Å². The van der Waals surface area contributed by atoms with Gasteiger partial charge in [0, 0.05) is 6.07 Å². The smallest absolute Gasteiger partial charge is 0.311 e. The Labute approximate surface area is 103 Å². The number of hydrogen-bond donors (Lipinski definition) is 0. The fourth-order valence-corrected chi connectivity index (χ4v) is 1.21. The fourth-order valence-electron chi connectivity index (χ4n) is 1.09. The molecule has 0 radical (unpaired) electrons. The largest absolute Gasteiger partial charge is 0.482 e. The van der Waals surface area contributed by atoms with Crippen molar-refractivity contribution in [1.29, 1.82) is 0 Å². The van der Waals surface area contributed by atoms with Crippen LogP contribution in [-0.2, 0) is 0 Å². The molecule has 0 bridgehead atoms. The molecule has 1 rings (SSSR count). The molecule has 86 valence electrons. The number of nitro groups is 1. The minimum absolute atomic E-state index is 0.0646. The van der Waals surface area contributed by atoms with Gasteiger partial charge in [0.05, 0.1) is 4.92 Å². The summed E-state index contributed by atoms with van der Waals surface area (Å²) in [4.78, 5) is 10.2. The topological polar surface area (TPSA) is 52.4 Å². The van der Waals surface area contributed by atoms with Crippen LogP contribution in [0.2, 0.25) is 0 Å². The molecular formula is C10H9Cl2NO3. The molecule has 0 aliphatic heterocycles. The lowest BCUT2D eigenvalue weighted by molar-refractivity contribution is -0.385. The van der Waals surface area contributed by atoms with Gasteiger partial charge in [-0.1, -0.05) is 29.3 Å². The molecule has 0 atom stereocenters. The quantitative estimate of drug-likeness (QED) is 0.615. The van der Waals surface area contributed by atoms with E-state index in [1.54, 1.807) is 19.1 Å². The van der Waals surface area contributed by atoms with E-state index in [-0.39, 0.29) is 22.5 Å². The summed E-state index contributed by atoms with van der Waals surface area (Å²) in [5.74, 6) is 0.196. The number of nitrogens with zero attached hydrogens (tertiary/aromatic N) is 1. The van der Waals surface area contributed by atoms with Gasteiger partial charge in [-0.15, -0.1) is 0 Å². The lowest BCUT2D eigenvalue weighted by Gasteiger charge is -2.04. The van der Waals surface area contributed by atoms with Gasteiger partial charge in [0.25, 0.3) is 0 Å². The molecule has 6 heteroatoms. The highest BCUT2D eigenvalue weighted by atomic mass is 35.5. The summed E-state index contributed by atoms with van der Waals surface area (Å²) in [5.41, 5.74) is 0.726. The van der Waals surface area contributed by atoms with E-state index in [0.29, 0.717) is 0 Å².